The molecule has 0 bridgehead atoms. The van der Waals surface area contributed by atoms with Gasteiger partial charge in [-0.15, -0.1) is 11.3 Å². The summed E-state index contributed by atoms with van der Waals surface area (Å²) in [5.41, 5.74) is 1.96. The third kappa shape index (κ3) is 3.54. The fourth-order valence-corrected chi connectivity index (χ4v) is 2.20. The molecule has 0 aliphatic rings. The molecular formula is C13H15NO2S. The summed E-state index contributed by atoms with van der Waals surface area (Å²) in [5.74, 6) is 0.884. The van der Waals surface area contributed by atoms with Crippen LogP contribution in [-0.4, -0.2) is 16.7 Å². The van der Waals surface area contributed by atoms with Gasteiger partial charge >= 0.3 is 0 Å². The Balaban J connectivity index is 1.81. The number of hydrogen-bond acceptors (Lipinski definition) is 4. The summed E-state index contributed by atoms with van der Waals surface area (Å²) in [6, 6.07) is 8.00. The summed E-state index contributed by atoms with van der Waals surface area (Å²) < 4.78 is 5.61. The molecule has 0 radical (unpaired) electrons. The molecule has 0 saturated heterocycles. The lowest BCUT2D eigenvalue weighted by Crippen LogP contribution is -2.01. The lowest BCUT2D eigenvalue weighted by Gasteiger charge is -2.04. The maximum absolute atomic E-state index is 8.89. The molecule has 0 spiro atoms. The first-order valence-corrected chi connectivity index (χ1v) is 6.39. The Morgan fingerprint density at radius 2 is 2.06 bits per heavy atom. The Kier molecular flexibility index (Phi) is 4.12. The van der Waals surface area contributed by atoms with Gasteiger partial charge in [0.25, 0.3) is 0 Å². The summed E-state index contributed by atoms with van der Waals surface area (Å²) >= 11 is 1.56. The van der Waals surface area contributed by atoms with Crippen LogP contribution in [-0.2, 0) is 13.0 Å². The van der Waals surface area contributed by atoms with Gasteiger partial charge in [-0.05, 0) is 19.1 Å². The third-order valence-corrected chi connectivity index (χ3v) is 3.32. The van der Waals surface area contributed by atoms with E-state index in [9.17, 15) is 0 Å². The van der Waals surface area contributed by atoms with Crippen LogP contribution < -0.4 is 4.74 Å². The molecule has 90 valence electrons. The topological polar surface area (TPSA) is 42.4 Å². The van der Waals surface area contributed by atoms with Crippen LogP contribution in [0.3, 0.4) is 0 Å². The van der Waals surface area contributed by atoms with Crippen LogP contribution in [0, 0.1) is 6.92 Å². The molecule has 0 fully saturated rings. The average molecular weight is 249 g/mol. The molecule has 2 rings (SSSR count). The van der Waals surface area contributed by atoms with Crippen molar-refractivity contribution in [1.29, 1.82) is 0 Å². The van der Waals surface area contributed by atoms with Crippen molar-refractivity contribution in [2.24, 2.45) is 0 Å². The van der Waals surface area contributed by atoms with E-state index in [4.69, 9.17) is 9.84 Å². The lowest BCUT2D eigenvalue weighted by atomic mass is 10.2. The van der Waals surface area contributed by atoms with Crippen LogP contribution in [0.2, 0.25) is 0 Å². The molecule has 4 heteroatoms. The van der Waals surface area contributed by atoms with Gasteiger partial charge in [-0.1, -0.05) is 17.7 Å². The number of aliphatic hydroxyl groups is 1. The van der Waals surface area contributed by atoms with E-state index >= 15 is 0 Å². The normalized spacial score (nSPS) is 10.5. The van der Waals surface area contributed by atoms with Crippen molar-refractivity contribution in [2.45, 2.75) is 20.0 Å². The molecule has 3 nitrogen and oxygen atoms in total. The first-order chi connectivity index (χ1) is 8.28. The number of aliphatic hydroxyl groups excluding tert-OH is 1. The molecule has 0 aliphatic carbocycles. The van der Waals surface area contributed by atoms with Gasteiger partial charge in [0.1, 0.15) is 5.75 Å². The van der Waals surface area contributed by atoms with Crippen LogP contribution in [0.5, 0.6) is 5.75 Å². The minimum atomic E-state index is 0.00925. The van der Waals surface area contributed by atoms with E-state index in [1.807, 2.05) is 29.6 Å². The SMILES string of the molecule is Cc1ccc(OCCc2nc(CO)cs2)cc1. The zero-order valence-electron chi connectivity index (χ0n) is 9.72. The van der Waals surface area contributed by atoms with Gasteiger partial charge in [-0.2, -0.15) is 0 Å². The van der Waals surface area contributed by atoms with E-state index in [1.165, 1.54) is 5.56 Å². The van der Waals surface area contributed by atoms with Gasteiger partial charge < -0.3 is 9.84 Å². The number of thiazole rings is 1. The lowest BCUT2D eigenvalue weighted by molar-refractivity contribution is 0.277. The minimum absolute atomic E-state index is 0.00925. The molecule has 1 aromatic carbocycles. The number of rotatable bonds is 5. The molecule has 0 saturated carbocycles. The number of aryl methyl sites for hydroxylation is 1. The molecule has 0 unspecified atom stereocenters. The predicted molar refractivity (Wildman–Crippen MR) is 68.4 cm³/mol. The van der Waals surface area contributed by atoms with Crippen molar-refractivity contribution < 1.29 is 9.84 Å². The molecule has 0 amide bonds. The van der Waals surface area contributed by atoms with Crippen molar-refractivity contribution in [3.63, 3.8) is 0 Å². The smallest absolute Gasteiger partial charge is 0.119 e. The van der Waals surface area contributed by atoms with E-state index in [-0.39, 0.29) is 6.61 Å². The highest BCUT2D eigenvalue weighted by Gasteiger charge is 2.01. The zero-order chi connectivity index (χ0) is 12.1. The Morgan fingerprint density at radius 3 is 2.71 bits per heavy atom. The quantitative estimate of drug-likeness (QED) is 0.885. The van der Waals surface area contributed by atoms with Crippen LogP contribution >= 0.6 is 11.3 Å². The Bertz CT molecular complexity index is 465. The molecule has 2 aromatic rings. The number of ether oxygens (including phenoxy) is 1. The fourth-order valence-electron chi connectivity index (χ4n) is 1.43. The minimum Gasteiger partial charge on any atom is -0.493 e. The summed E-state index contributed by atoms with van der Waals surface area (Å²) in [7, 11) is 0. The van der Waals surface area contributed by atoms with Gasteiger partial charge in [0.2, 0.25) is 0 Å². The molecule has 1 N–H and O–H groups in total. The zero-order valence-corrected chi connectivity index (χ0v) is 10.5. The van der Waals surface area contributed by atoms with E-state index in [2.05, 4.69) is 11.9 Å². The molecular weight excluding hydrogens is 234 g/mol. The summed E-state index contributed by atoms with van der Waals surface area (Å²) in [4.78, 5) is 4.26. The fraction of sp³-hybridized carbons (Fsp3) is 0.308. The van der Waals surface area contributed by atoms with Gasteiger partial charge in [-0.3, -0.25) is 0 Å². The monoisotopic (exact) mass is 249 g/mol. The molecule has 1 aromatic heterocycles. The third-order valence-electron chi connectivity index (χ3n) is 2.37. The van der Waals surface area contributed by atoms with Crippen LogP contribution in [0.15, 0.2) is 29.6 Å². The van der Waals surface area contributed by atoms with Gasteiger partial charge in [-0.25, -0.2) is 4.98 Å². The second-order valence-corrected chi connectivity index (χ2v) is 4.74. The number of aromatic nitrogens is 1. The Labute approximate surface area is 105 Å². The van der Waals surface area contributed by atoms with Crippen molar-refractivity contribution in [1.82, 2.24) is 4.98 Å². The van der Waals surface area contributed by atoms with E-state index < -0.39 is 0 Å². The number of nitrogens with zero attached hydrogens (tertiary/aromatic N) is 1. The largest absolute Gasteiger partial charge is 0.493 e. The molecule has 0 aliphatic heterocycles. The maximum atomic E-state index is 8.89. The van der Waals surface area contributed by atoms with Crippen molar-refractivity contribution in [3.8, 4) is 5.75 Å². The highest BCUT2D eigenvalue weighted by Crippen LogP contribution is 2.14. The molecule has 17 heavy (non-hydrogen) atoms. The molecule has 1 heterocycles. The summed E-state index contributed by atoms with van der Waals surface area (Å²) in [6.07, 6.45) is 0.776. The second kappa shape index (κ2) is 5.80. The predicted octanol–water partition coefficient (Wildman–Crippen LogP) is 2.57. The first kappa shape index (κ1) is 12.1. The van der Waals surface area contributed by atoms with E-state index in [1.54, 1.807) is 11.3 Å². The van der Waals surface area contributed by atoms with E-state index in [0.29, 0.717) is 6.61 Å². The number of benzene rings is 1. The van der Waals surface area contributed by atoms with Crippen molar-refractivity contribution in [3.05, 3.63) is 45.9 Å². The van der Waals surface area contributed by atoms with Gasteiger partial charge in [0, 0.05) is 11.8 Å². The van der Waals surface area contributed by atoms with E-state index in [0.717, 1.165) is 22.9 Å². The van der Waals surface area contributed by atoms with Crippen LogP contribution in [0.1, 0.15) is 16.3 Å². The van der Waals surface area contributed by atoms with Gasteiger partial charge in [0.05, 0.1) is 23.9 Å². The van der Waals surface area contributed by atoms with Crippen LogP contribution in [0.4, 0.5) is 0 Å². The summed E-state index contributed by atoms with van der Waals surface area (Å²) in [6.45, 7) is 2.67. The summed E-state index contributed by atoms with van der Waals surface area (Å²) in [5, 5.41) is 11.8. The second-order valence-electron chi connectivity index (χ2n) is 3.80. The van der Waals surface area contributed by atoms with Crippen LogP contribution in [0.25, 0.3) is 0 Å². The number of hydrogen-bond donors (Lipinski definition) is 1. The highest BCUT2D eigenvalue weighted by atomic mass is 32.1. The first-order valence-electron chi connectivity index (χ1n) is 5.51. The van der Waals surface area contributed by atoms with Gasteiger partial charge in [0.15, 0.2) is 0 Å². The average Bonchev–Trinajstić information content (AvgIpc) is 2.80. The van der Waals surface area contributed by atoms with Crippen molar-refractivity contribution in [2.75, 3.05) is 6.61 Å². The maximum Gasteiger partial charge on any atom is 0.119 e. The highest BCUT2D eigenvalue weighted by molar-refractivity contribution is 7.09. The Morgan fingerprint density at radius 1 is 1.29 bits per heavy atom. The molecule has 0 atom stereocenters. The Hall–Kier alpha value is -1.39. The van der Waals surface area contributed by atoms with Crippen molar-refractivity contribution >= 4 is 11.3 Å². The standard InChI is InChI=1S/C13H15NO2S/c1-10-2-4-12(5-3-10)16-7-6-13-14-11(8-15)9-17-13/h2-5,9,15H,6-8H2,1H3.